The summed E-state index contributed by atoms with van der Waals surface area (Å²) in [6, 6.07) is 11.7. The molecule has 20 heavy (non-hydrogen) atoms. The summed E-state index contributed by atoms with van der Waals surface area (Å²) in [5, 5.41) is 3.79. The molecule has 0 atom stereocenters. The van der Waals surface area contributed by atoms with Gasteiger partial charge in [0.2, 0.25) is 0 Å². The summed E-state index contributed by atoms with van der Waals surface area (Å²) in [7, 11) is 0. The van der Waals surface area contributed by atoms with Crippen molar-refractivity contribution in [3.63, 3.8) is 0 Å². The molecule has 3 nitrogen and oxygen atoms in total. The third-order valence-electron chi connectivity index (χ3n) is 2.70. The van der Waals surface area contributed by atoms with Crippen molar-refractivity contribution in [1.82, 2.24) is 4.98 Å². The Balaban J connectivity index is 1.93. The number of aromatic nitrogens is 1. The lowest BCUT2D eigenvalue weighted by atomic mass is 10.2. The average Bonchev–Trinajstić information content (AvgIpc) is 2.45. The van der Waals surface area contributed by atoms with E-state index in [2.05, 4.69) is 26.2 Å². The second-order valence-corrected chi connectivity index (χ2v) is 5.60. The fraction of sp³-hybridized carbons (Fsp3) is 0.267. The van der Waals surface area contributed by atoms with E-state index >= 15 is 0 Å². The minimum atomic E-state index is 0.397. The summed E-state index contributed by atoms with van der Waals surface area (Å²) in [6.45, 7) is 3.79. The lowest BCUT2D eigenvalue weighted by Gasteiger charge is -2.08. The fourth-order valence-electron chi connectivity index (χ4n) is 1.71. The predicted molar refractivity (Wildman–Crippen MR) is 86.0 cm³/mol. The Morgan fingerprint density at radius 1 is 1.15 bits per heavy atom. The second kappa shape index (κ2) is 7.62. The minimum Gasteiger partial charge on any atom is -0.370 e. The van der Waals surface area contributed by atoms with Crippen molar-refractivity contribution in [3.8, 4) is 0 Å². The van der Waals surface area contributed by atoms with Crippen LogP contribution in [-0.2, 0) is 18.0 Å². The summed E-state index contributed by atoms with van der Waals surface area (Å²) in [6.07, 6.45) is 0. The smallest absolute Gasteiger partial charge is 0.126 e. The molecular formula is C15H16BrClN2O. The van der Waals surface area contributed by atoms with Gasteiger partial charge in [-0.05, 0) is 36.8 Å². The van der Waals surface area contributed by atoms with Crippen LogP contribution in [0.5, 0.6) is 0 Å². The van der Waals surface area contributed by atoms with Crippen LogP contribution < -0.4 is 5.32 Å². The number of pyridine rings is 1. The first-order valence-corrected chi connectivity index (χ1v) is 7.57. The number of anilines is 1. The van der Waals surface area contributed by atoms with Crippen LogP contribution >= 0.6 is 27.5 Å². The molecular weight excluding hydrogens is 340 g/mol. The molecule has 1 aromatic heterocycles. The fourth-order valence-corrected chi connectivity index (χ4v) is 2.14. The van der Waals surface area contributed by atoms with Crippen molar-refractivity contribution in [2.45, 2.75) is 20.1 Å². The second-order valence-electron chi connectivity index (χ2n) is 4.27. The topological polar surface area (TPSA) is 34.1 Å². The maximum atomic E-state index is 6.12. The van der Waals surface area contributed by atoms with Crippen LogP contribution in [0.15, 0.2) is 40.9 Å². The van der Waals surface area contributed by atoms with Gasteiger partial charge in [-0.3, -0.25) is 0 Å². The van der Waals surface area contributed by atoms with E-state index in [0.29, 0.717) is 18.2 Å². The highest BCUT2D eigenvalue weighted by molar-refractivity contribution is 9.10. The Morgan fingerprint density at radius 3 is 2.60 bits per heavy atom. The highest BCUT2D eigenvalue weighted by atomic mass is 79.9. The zero-order valence-corrected chi connectivity index (χ0v) is 13.5. The molecule has 0 bridgehead atoms. The van der Waals surface area contributed by atoms with Gasteiger partial charge < -0.3 is 10.1 Å². The quantitative estimate of drug-likeness (QED) is 0.819. The zero-order valence-electron chi connectivity index (χ0n) is 11.2. The minimum absolute atomic E-state index is 0.397. The molecule has 0 amide bonds. The molecule has 2 rings (SSSR count). The molecule has 0 saturated carbocycles. The summed E-state index contributed by atoms with van der Waals surface area (Å²) >= 11 is 9.53. The monoisotopic (exact) mass is 354 g/mol. The molecule has 0 aliphatic carbocycles. The van der Waals surface area contributed by atoms with Gasteiger partial charge >= 0.3 is 0 Å². The maximum absolute atomic E-state index is 6.12. The molecule has 0 aliphatic rings. The summed E-state index contributed by atoms with van der Waals surface area (Å²) in [4.78, 5) is 4.43. The molecule has 5 heteroatoms. The van der Waals surface area contributed by atoms with Gasteiger partial charge in [0.15, 0.2) is 0 Å². The molecule has 1 heterocycles. The van der Waals surface area contributed by atoms with Crippen LogP contribution in [-0.4, -0.2) is 11.5 Å². The van der Waals surface area contributed by atoms with Crippen LogP contribution in [0.3, 0.4) is 0 Å². The number of hydrogen-bond acceptors (Lipinski definition) is 3. The van der Waals surface area contributed by atoms with Gasteiger partial charge in [0.1, 0.15) is 5.82 Å². The van der Waals surface area contributed by atoms with E-state index in [-0.39, 0.29) is 0 Å². The number of nitrogens with zero attached hydrogens (tertiary/aromatic N) is 1. The Labute approximate surface area is 132 Å². The van der Waals surface area contributed by atoms with E-state index < -0.39 is 0 Å². The Morgan fingerprint density at radius 2 is 1.90 bits per heavy atom. The number of hydrogen-bond donors (Lipinski definition) is 1. The van der Waals surface area contributed by atoms with Gasteiger partial charge in [0.05, 0.1) is 23.9 Å². The first-order valence-electron chi connectivity index (χ1n) is 6.40. The lowest BCUT2D eigenvalue weighted by Crippen LogP contribution is -2.03. The van der Waals surface area contributed by atoms with E-state index in [1.165, 1.54) is 0 Å². The molecule has 0 saturated heterocycles. The molecule has 0 aliphatic heterocycles. The van der Waals surface area contributed by atoms with Crippen molar-refractivity contribution < 1.29 is 4.74 Å². The molecule has 2 aromatic rings. The third-order valence-corrected chi connectivity index (χ3v) is 3.57. The number of halogens is 2. The van der Waals surface area contributed by atoms with Gasteiger partial charge in [-0.2, -0.15) is 0 Å². The van der Waals surface area contributed by atoms with E-state index in [1.54, 1.807) is 0 Å². The van der Waals surface area contributed by atoms with E-state index in [4.69, 9.17) is 16.3 Å². The Hall–Kier alpha value is -1.10. The highest BCUT2D eigenvalue weighted by Gasteiger charge is 2.04. The van der Waals surface area contributed by atoms with Crippen LogP contribution in [0, 0.1) is 0 Å². The number of ether oxygens (including phenoxy) is 1. The molecule has 106 valence electrons. The van der Waals surface area contributed by atoms with Crippen LogP contribution in [0.4, 0.5) is 5.82 Å². The molecule has 0 fully saturated rings. The maximum Gasteiger partial charge on any atom is 0.126 e. The first-order chi connectivity index (χ1) is 9.69. The highest BCUT2D eigenvalue weighted by Crippen LogP contribution is 2.18. The van der Waals surface area contributed by atoms with Gasteiger partial charge in [-0.25, -0.2) is 4.98 Å². The van der Waals surface area contributed by atoms with Crippen molar-refractivity contribution in [2.75, 3.05) is 11.9 Å². The SMILES string of the molecule is CCNc1ccc(Cl)c(COCc2ccc(Br)cc2)n1. The average molecular weight is 356 g/mol. The molecule has 1 aromatic carbocycles. The molecule has 0 radical (unpaired) electrons. The van der Waals surface area contributed by atoms with Crippen LogP contribution in [0.25, 0.3) is 0 Å². The zero-order chi connectivity index (χ0) is 14.4. The predicted octanol–water partition coefficient (Wildman–Crippen LogP) is 4.65. The number of nitrogens with one attached hydrogen (secondary N) is 1. The summed E-state index contributed by atoms with van der Waals surface area (Å²) in [5.41, 5.74) is 1.87. The summed E-state index contributed by atoms with van der Waals surface area (Å²) in [5.74, 6) is 0.819. The third kappa shape index (κ3) is 4.47. The summed E-state index contributed by atoms with van der Waals surface area (Å²) < 4.78 is 6.73. The van der Waals surface area contributed by atoms with Crippen LogP contribution in [0.1, 0.15) is 18.2 Å². The standard InChI is InChI=1S/C15H16BrClN2O/c1-2-18-15-8-7-13(17)14(19-15)10-20-9-11-3-5-12(16)6-4-11/h3-8H,2,9-10H2,1H3,(H,18,19). The van der Waals surface area contributed by atoms with E-state index in [0.717, 1.165) is 28.1 Å². The van der Waals surface area contributed by atoms with Crippen molar-refractivity contribution in [3.05, 3.63) is 57.2 Å². The lowest BCUT2D eigenvalue weighted by molar-refractivity contribution is 0.105. The normalized spacial score (nSPS) is 10.6. The largest absolute Gasteiger partial charge is 0.370 e. The van der Waals surface area contributed by atoms with Gasteiger partial charge in [-0.15, -0.1) is 0 Å². The molecule has 0 spiro atoms. The Kier molecular flexibility index (Phi) is 5.83. The van der Waals surface area contributed by atoms with Crippen LogP contribution in [0.2, 0.25) is 5.02 Å². The molecule has 1 N–H and O–H groups in total. The molecule has 0 unspecified atom stereocenters. The Bertz CT molecular complexity index is 560. The van der Waals surface area contributed by atoms with Crippen molar-refractivity contribution in [1.29, 1.82) is 0 Å². The van der Waals surface area contributed by atoms with E-state index in [1.807, 2.05) is 43.3 Å². The number of benzene rings is 1. The van der Waals surface area contributed by atoms with Gasteiger partial charge in [0.25, 0.3) is 0 Å². The van der Waals surface area contributed by atoms with Gasteiger partial charge in [-0.1, -0.05) is 39.7 Å². The number of rotatable bonds is 6. The van der Waals surface area contributed by atoms with E-state index in [9.17, 15) is 0 Å². The first kappa shape index (κ1) is 15.3. The van der Waals surface area contributed by atoms with Crippen molar-refractivity contribution >= 4 is 33.3 Å². The van der Waals surface area contributed by atoms with Gasteiger partial charge in [0, 0.05) is 11.0 Å². The van der Waals surface area contributed by atoms with Crippen molar-refractivity contribution in [2.24, 2.45) is 0 Å².